The Hall–Kier alpha value is -3.69. The third kappa shape index (κ3) is 8.31. The quantitative estimate of drug-likeness (QED) is 0.115. The van der Waals surface area contributed by atoms with Crippen molar-refractivity contribution in [1.82, 2.24) is 13.9 Å². The average Bonchev–Trinajstić information content (AvgIpc) is 3.55. The molecule has 3 N–H and O–H groups in total. The summed E-state index contributed by atoms with van der Waals surface area (Å²) in [4.78, 5) is 33.3. The summed E-state index contributed by atoms with van der Waals surface area (Å²) in [6.45, 7) is 21.9. The summed E-state index contributed by atoms with van der Waals surface area (Å²) in [5.74, 6) is -0.445. The first kappa shape index (κ1) is 43.4. The van der Waals surface area contributed by atoms with E-state index in [0.717, 1.165) is 28.0 Å². The molecule has 0 saturated carbocycles. The van der Waals surface area contributed by atoms with E-state index in [-0.39, 0.29) is 71.4 Å². The molecule has 56 heavy (non-hydrogen) atoms. The maximum atomic E-state index is 14.6. The highest BCUT2D eigenvalue weighted by Gasteiger charge is 2.49. The number of benzene rings is 2. The Kier molecular flexibility index (Phi) is 12.6. The van der Waals surface area contributed by atoms with Crippen LogP contribution >= 0.6 is 0 Å². The summed E-state index contributed by atoms with van der Waals surface area (Å²) in [5.41, 5.74) is 10.9. The van der Waals surface area contributed by atoms with E-state index in [1.807, 2.05) is 53.7 Å². The van der Waals surface area contributed by atoms with Gasteiger partial charge in [0.05, 0.1) is 22.3 Å². The summed E-state index contributed by atoms with van der Waals surface area (Å²) in [6.07, 6.45) is 1.76. The predicted molar refractivity (Wildman–Crippen MR) is 217 cm³/mol. The highest BCUT2D eigenvalue weighted by Crippen LogP contribution is 2.47. The van der Waals surface area contributed by atoms with Gasteiger partial charge in [-0.15, -0.1) is 0 Å². The van der Waals surface area contributed by atoms with Gasteiger partial charge in [-0.2, -0.15) is 4.31 Å². The number of esters is 1. The van der Waals surface area contributed by atoms with Gasteiger partial charge in [-0.25, -0.2) is 21.6 Å². The molecule has 2 aromatic rings. The van der Waals surface area contributed by atoms with Gasteiger partial charge in [0.2, 0.25) is 21.9 Å². The number of rotatable bonds is 12. The second kappa shape index (κ2) is 16.3. The van der Waals surface area contributed by atoms with Crippen LogP contribution in [-0.4, -0.2) is 81.8 Å². The fourth-order valence-corrected chi connectivity index (χ4v) is 12.4. The largest absolute Gasteiger partial charge is 0.487 e. The van der Waals surface area contributed by atoms with Crippen molar-refractivity contribution in [2.75, 3.05) is 26.2 Å². The van der Waals surface area contributed by atoms with Crippen LogP contribution in [0.3, 0.4) is 0 Å². The van der Waals surface area contributed by atoms with Gasteiger partial charge >= 0.3 is 5.97 Å². The molecule has 0 radical (unpaired) electrons. The number of ether oxygens (including phenoxy) is 2. The summed E-state index contributed by atoms with van der Waals surface area (Å²) in [5, 5.41) is 0. The minimum Gasteiger partial charge on any atom is -0.487 e. The lowest BCUT2D eigenvalue weighted by Gasteiger charge is -2.37. The number of carbonyl (C=O) groups is 2. The van der Waals surface area contributed by atoms with Crippen molar-refractivity contribution >= 4 is 37.9 Å². The lowest BCUT2D eigenvalue weighted by molar-refractivity contribution is -0.151. The lowest BCUT2D eigenvalue weighted by Crippen LogP contribution is -2.52. The molecule has 0 aliphatic carbocycles. The number of carbonyl (C=O) groups excluding carboxylic acids is 2. The van der Waals surface area contributed by atoms with Crippen molar-refractivity contribution in [2.24, 2.45) is 16.6 Å². The number of aliphatic imine (C=N–C) groups is 1. The topological polar surface area (TPSA) is 178 Å². The van der Waals surface area contributed by atoms with Gasteiger partial charge in [0, 0.05) is 37.7 Å². The van der Waals surface area contributed by atoms with Gasteiger partial charge in [0.25, 0.3) is 10.0 Å². The van der Waals surface area contributed by atoms with E-state index < -0.39 is 37.7 Å². The van der Waals surface area contributed by atoms with Gasteiger partial charge < -0.3 is 20.1 Å². The molecule has 2 aromatic carbocycles. The van der Waals surface area contributed by atoms with Crippen LogP contribution in [0.4, 0.5) is 0 Å². The SMILES string of the molecule is CCOC(=O)C1CCN(C(=O)[C@H](CCCN=C(N)NS(=O)(=O)c2c(C)c(C)c3c(c2C)CC(C)(C)O3)N2C(C)c3cc(C(C)C)cc(C(C)C)c3S2(=O)=O)CC1. The Morgan fingerprint density at radius 1 is 1.05 bits per heavy atom. The maximum Gasteiger partial charge on any atom is 0.309 e. The Labute approximate surface area is 333 Å². The molecule has 3 aliphatic rings. The van der Waals surface area contributed by atoms with E-state index in [9.17, 15) is 26.4 Å². The summed E-state index contributed by atoms with van der Waals surface area (Å²) in [6, 6.07) is 2.25. The van der Waals surface area contributed by atoms with Gasteiger partial charge in [-0.3, -0.25) is 14.6 Å². The summed E-state index contributed by atoms with van der Waals surface area (Å²) in [7, 11) is -8.24. The molecule has 13 nitrogen and oxygen atoms in total. The van der Waals surface area contributed by atoms with Gasteiger partial charge in [0.1, 0.15) is 17.4 Å². The van der Waals surface area contributed by atoms with Crippen LogP contribution in [-0.2, 0) is 40.8 Å². The van der Waals surface area contributed by atoms with E-state index in [1.165, 1.54) is 4.31 Å². The number of amides is 1. The van der Waals surface area contributed by atoms with E-state index >= 15 is 0 Å². The van der Waals surface area contributed by atoms with E-state index in [4.69, 9.17) is 15.2 Å². The number of hydrogen-bond donors (Lipinski definition) is 2. The van der Waals surface area contributed by atoms with Crippen molar-refractivity contribution in [3.05, 3.63) is 51.1 Å². The Balaban J connectivity index is 1.40. The van der Waals surface area contributed by atoms with Crippen molar-refractivity contribution in [3.8, 4) is 5.75 Å². The summed E-state index contributed by atoms with van der Waals surface area (Å²) >= 11 is 0. The van der Waals surface area contributed by atoms with E-state index in [1.54, 1.807) is 25.7 Å². The number of piperidine rings is 1. The predicted octanol–water partition coefficient (Wildman–Crippen LogP) is 5.88. The first-order chi connectivity index (χ1) is 26.0. The van der Waals surface area contributed by atoms with E-state index in [2.05, 4.69) is 23.6 Å². The Morgan fingerprint density at radius 2 is 1.70 bits per heavy atom. The first-order valence-corrected chi connectivity index (χ1v) is 22.8. The molecular formula is C41H61N5O8S2. The molecule has 1 amide bonds. The zero-order valence-electron chi connectivity index (χ0n) is 34.9. The molecule has 3 aliphatic heterocycles. The van der Waals surface area contributed by atoms with Gasteiger partial charge in [0.15, 0.2) is 0 Å². The lowest BCUT2D eigenvalue weighted by atomic mass is 9.90. The van der Waals surface area contributed by atoms with Gasteiger partial charge in [-0.05, 0) is 119 Å². The molecule has 310 valence electrons. The smallest absolute Gasteiger partial charge is 0.309 e. The van der Waals surface area contributed by atoms with Crippen LogP contribution in [0.25, 0.3) is 0 Å². The van der Waals surface area contributed by atoms with Gasteiger partial charge in [-0.1, -0.05) is 39.8 Å². The van der Waals surface area contributed by atoms with Crippen molar-refractivity contribution in [1.29, 1.82) is 0 Å². The number of sulfonamides is 2. The zero-order chi connectivity index (χ0) is 41.7. The van der Waals surface area contributed by atoms with Crippen LogP contribution in [0, 0.1) is 26.7 Å². The monoisotopic (exact) mass is 815 g/mol. The summed E-state index contributed by atoms with van der Waals surface area (Å²) < 4.78 is 72.0. The van der Waals surface area contributed by atoms with Crippen molar-refractivity contribution in [2.45, 2.75) is 148 Å². The second-order valence-corrected chi connectivity index (χ2v) is 20.2. The van der Waals surface area contributed by atoms with Crippen LogP contribution < -0.4 is 15.2 Å². The molecule has 2 atom stereocenters. The molecule has 1 unspecified atom stereocenters. The Morgan fingerprint density at radius 3 is 2.29 bits per heavy atom. The van der Waals surface area contributed by atoms with Crippen molar-refractivity contribution < 1.29 is 35.9 Å². The average molecular weight is 816 g/mol. The number of guanidine groups is 1. The number of nitrogens with zero attached hydrogens (tertiary/aromatic N) is 3. The third-order valence-corrected chi connectivity index (χ3v) is 15.3. The van der Waals surface area contributed by atoms with Crippen molar-refractivity contribution in [3.63, 3.8) is 0 Å². The molecule has 0 aromatic heterocycles. The number of fused-ring (bicyclic) bond motifs is 2. The highest BCUT2D eigenvalue weighted by molar-refractivity contribution is 7.90. The zero-order valence-corrected chi connectivity index (χ0v) is 36.5. The molecule has 0 spiro atoms. The normalized spacial score (nSPS) is 20.2. The molecular weight excluding hydrogens is 755 g/mol. The first-order valence-electron chi connectivity index (χ1n) is 19.8. The standard InChI is InChI=1S/C41H61N5O8S2/c1-12-53-39(48)29-15-18-45(19-16-29)38(47)34(46-28(9)32-21-30(23(2)3)20-31(24(4)5)37(32)56(46,51)52)14-13-17-43-40(42)44-55(49,50)36-26(7)25(6)35-33(27(36)8)22-41(10,11)54-35/h20-21,23-24,28-29,34H,12-19,22H2,1-11H3,(H3,42,43,44)/t28?,34-/m0/s1. The second-order valence-electron chi connectivity index (χ2n) is 16.8. The molecule has 3 heterocycles. The Bertz CT molecular complexity index is 2120. The highest BCUT2D eigenvalue weighted by atomic mass is 32.2. The molecule has 15 heteroatoms. The number of nitrogens with one attached hydrogen (secondary N) is 1. The minimum absolute atomic E-state index is 0.0379. The fourth-order valence-electron chi connectivity index (χ4n) is 8.48. The molecule has 5 rings (SSSR count). The molecule has 1 saturated heterocycles. The maximum absolute atomic E-state index is 14.6. The fraction of sp³-hybridized carbons (Fsp3) is 0.634. The minimum atomic E-state index is -4.13. The van der Waals surface area contributed by atoms with Crippen LogP contribution in [0.1, 0.15) is 138 Å². The molecule has 1 fully saturated rings. The van der Waals surface area contributed by atoms with E-state index in [0.29, 0.717) is 49.0 Å². The van der Waals surface area contributed by atoms with Crippen LogP contribution in [0.5, 0.6) is 5.75 Å². The number of likely N-dealkylation sites (tertiary alicyclic amines) is 1. The van der Waals surface area contributed by atoms with Crippen LogP contribution in [0.2, 0.25) is 0 Å². The van der Waals surface area contributed by atoms with Crippen LogP contribution in [0.15, 0.2) is 26.9 Å². The number of hydrogen-bond acceptors (Lipinski definition) is 9. The molecule has 0 bridgehead atoms. The third-order valence-electron chi connectivity index (χ3n) is 11.6. The number of nitrogens with two attached hydrogens (primary N) is 1.